The zero-order valence-corrected chi connectivity index (χ0v) is 16.3. The van der Waals surface area contributed by atoms with Gasteiger partial charge in [-0.3, -0.25) is 9.59 Å². The second kappa shape index (κ2) is 8.66. The fourth-order valence-electron chi connectivity index (χ4n) is 3.55. The summed E-state index contributed by atoms with van der Waals surface area (Å²) in [7, 11) is 0. The van der Waals surface area contributed by atoms with Gasteiger partial charge in [0.25, 0.3) is 5.91 Å². The van der Waals surface area contributed by atoms with Crippen LogP contribution in [0.25, 0.3) is 11.3 Å². The van der Waals surface area contributed by atoms with Gasteiger partial charge >= 0.3 is 5.97 Å². The number of carbonyl (C=O) groups is 3. The normalized spacial score (nSPS) is 18.1. The van der Waals surface area contributed by atoms with Crippen LogP contribution >= 0.6 is 0 Å². The van der Waals surface area contributed by atoms with Gasteiger partial charge in [-0.15, -0.1) is 0 Å². The second-order valence-electron chi connectivity index (χ2n) is 7.06. The van der Waals surface area contributed by atoms with E-state index in [-0.39, 0.29) is 17.4 Å². The SMILES string of the molecule is O=C(O)c1cccc(-c2ccc(/C=N/NC(=O)[C@@H]3C(=O)NC[C@@H]3c3ccccc3)o2)c1. The molecule has 0 unspecified atom stereocenters. The van der Waals surface area contributed by atoms with E-state index in [1.165, 1.54) is 18.3 Å². The summed E-state index contributed by atoms with van der Waals surface area (Å²) in [5.41, 5.74) is 4.08. The molecule has 1 aliphatic heterocycles. The van der Waals surface area contributed by atoms with E-state index in [1.807, 2.05) is 30.3 Å². The number of nitrogens with one attached hydrogen (secondary N) is 2. The third-order valence-corrected chi connectivity index (χ3v) is 5.08. The Balaban J connectivity index is 1.43. The quantitative estimate of drug-likeness (QED) is 0.323. The highest BCUT2D eigenvalue weighted by Gasteiger charge is 2.40. The molecule has 2 amide bonds. The van der Waals surface area contributed by atoms with Crippen molar-refractivity contribution in [2.75, 3.05) is 6.54 Å². The van der Waals surface area contributed by atoms with E-state index in [2.05, 4.69) is 15.8 Å². The Hall–Kier alpha value is -4.20. The molecule has 3 aromatic rings. The number of carboxylic acids is 1. The first-order valence-corrected chi connectivity index (χ1v) is 9.62. The molecule has 0 spiro atoms. The number of hydrogen-bond donors (Lipinski definition) is 3. The van der Waals surface area contributed by atoms with Gasteiger partial charge < -0.3 is 14.8 Å². The number of hydrogen-bond acceptors (Lipinski definition) is 5. The van der Waals surface area contributed by atoms with E-state index in [9.17, 15) is 14.4 Å². The summed E-state index contributed by atoms with van der Waals surface area (Å²) >= 11 is 0. The summed E-state index contributed by atoms with van der Waals surface area (Å²) in [6.07, 6.45) is 1.33. The Bertz CT molecular complexity index is 1150. The van der Waals surface area contributed by atoms with Crippen molar-refractivity contribution in [3.63, 3.8) is 0 Å². The smallest absolute Gasteiger partial charge is 0.335 e. The van der Waals surface area contributed by atoms with Crippen molar-refractivity contribution in [3.8, 4) is 11.3 Å². The van der Waals surface area contributed by atoms with Crippen molar-refractivity contribution in [1.29, 1.82) is 0 Å². The molecule has 1 saturated heterocycles. The number of benzene rings is 2. The molecular formula is C23H19N3O5. The van der Waals surface area contributed by atoms with Crippen LogP contribution in [0.4, 0.5) is 0 Å². The predicted molar refractivity (Wildman–Crippen MR) is 113 cm³/mol. The third kappa shape index (κ3) is 4.37. The van der Waals surface area contributed by atoms with Crippen LogP contribution in [-0.2, 0) is 9.59 Å². The van der Waals surface area contributed by atoms with E-state index in [0.717, 1.165) is 5.56 Å². The maximum Gasteiger partial charge on any atom is 0.335 e. The summed E-state index contributed by atoms with van der Waals surface area (Å²) < 4.78 is 5.65. The van der Waals surface area contributed by atoms with Crippen LogP contribution in [0, 0.1) is 5.92 Å². The number of furan rings is 1. The van der Waals surface area contributed by atoms with Crippen LogP contribution in [-0.4, -0.2) is 35.6 Å². The highest BCUT2D eigenvalue weighted by molar-refractivity contribution is 6.03. The standard InChI is InChI=1S/C23H19N3O5/c27-21-20(18(13-24-21)14-5-2-1-3-6-14)22(28)26-25-12-17-9-10-19(31-17)15-7-4-8-16(11-15)23(29)30/h1-12,18,20H,13H2,(H,24,27)(H,26,28)(H,29,30)/b25-12+/t18-,20+/m1/s1. The molecule has 0 radical (unpaired) electrons. The van der Waals surface area contributed by atoms with Crippen LogP contribution in [0.1, 0.15) is 27.6 Å². The van der Waals surface area contributed by atoms with Crippen LogP contribution in [0.15, 0.2) is 76.2 Å². The molecule has 2 heterocycles. The van der Waals surface area contributed by atoms with Crippen molar-refractivity contribution in [3.05, 3.63) is 83.6 Å². The molecular weight excluding hydrogens is 398 g/mol. The maximum atomic E-state index is 12.6. The molecule has 0 bridgehead atoms. The van der Waals surface area contributed by atoms with Gasteiger partial charge in [0.2, 0.25) is 5.91 Å². The van der Waals surface area contributed by atoms with E-state index in [1.54, 1.807) is 24.3 Å². The molecule has 1 aliphatic rings. The van der Waals surface area contributed by atoms with Crippen molar-refractivity contribution < 1.29 is 23.9 Å². The van der Waals surface area contributed by atoms with Gasteiger partial charge in [0.05, 0.1) is 11.8 Å². The zero-order chi connectivity index (χ0) is 21.8. The average molecular weight is 417 g/mol. The summed E-state index contributed by atoms with van der Waals surface area (Å²) in [6, 6.07) is 19.1. The predicted octanol–water partition coefficient (Wildman–Crippen LogP) is 2.62. The number of hydrazone groups is 1. The molecule has 1 aromatic heterocycles. The first kappa shape index (κ1) is 20.1. The van der Waals surface area contributed by atoms with Gasteiger partial charge in [0.15, 0.2) is 0 Å². The van der Waals surface area contributed by atoms with Crippen molar-refractivity contribution >= 4 is 24.0 Å². The molecule has 2 aromatic carbocycles. The molecule has 8 heteroatoms. The van der Waals surface area contributed by atoms with Gasteiger partial charge in [0, 0.05) is 18.0 Å². The van der Waals surface area contributed by atoms with Gasteiger partial charge in [-0.25, -0.2) is 10.2 Å². The van der Waals surface area contributed by atoms with Gasteiger partial charge in [-0.2, -0.15) is 5.10 Å². The third-order valence-electron chi connectivity index (χ3n) is 5.08. The minimum atomic E-state index is -1.03. The molecule has 156 valence electrons. The van der Waals surface area contributed by atoms with E-state index in [0.29, 0.717) is 23.6 Å². The maximum absolute atomic E-state index is 12.6. The number of carbonyl (C=O) groups excluding carboxylic acids is 2. The Morgan fingerprint density at radius 2 is 1.90 bits per heavy atom. The molecule has 8 nitrogen and oxygen atoms in total. The lowest BCUT2D eigenvalue weighted by Gasteiger charge is -2.15. The Kier molecular flexibility index (Phi) is 5.61. The minimum absolute atomic E-state index is 0.152. The zero-order valence-electron chi connectivity index (χ0n) is 16.3. The van der Waals surface area contributed by atoms with Crippen molar-refractivity contribution in [2.45, 2.75) is 5.92 Å². The summed E-state index contributed by atoms with van der Waals surface area (Å²) in [5.74, 6) is -2.16. The van der Waals surface area contributed by atoms with E-state index < -0.39 is 17.8 Å². The highest BCUT2D eigenvalue weighted by Crippen LogP contribution is 2.29. The second-order valence-corrected chi connectivity index (χ2v) is 7.06. The summed E-state index contributed by atoms with van der Waals surface area (Å²) in [4.78, 5) is 35.9. The lowest BCUT2D eigenvalue weighted by molar-refractivity contribution is -0.133. The average Bonchev–Trinajstić information content (AvgIpc) is 3.41. The Morgan fingerprint density at radius 1 is 1.10 bits per heavy atom. The molecule has 31 heavy (non-hydrogen) atoms. The summed E-state index contributed by atoms with van der Waals surface area (Å²) in [6.45, 7) is 0.390. The minimum Gasteiger partial charge on any atom is -0.478 e. The molecule has 0 aliphatic carbocycles. The molecule has 3 N–H and O–H groups in total. The Labute approximate surface area is 177 Å². The van der Waals surface area contributed by atoms with Crippen LogP contribution in [0.5, 0.6) is 0 Å². The number of nitrogens with zero attached hydrogens (tertiary/aromatic N) is 1. The molecule has 0 saturated carbocycles. The van der Waals surface area contributed by atoms with E-state index >= 15 is 0 Å². The first-order valence-electron chi connectivity index (χ1n) is 9.62. The van der Waals surface area contributed by atoms with Crippen LogP contribution in [0.3, 0.4) is 0 Å². The lowest BCUT2D eigenvalue weighted by atomic mass is 9.88. The lowest BCUT2D eigenvalue weighted by Crippen LogP contribution is -2.34. The molecule has 2 atom stereocenters. The largest absolute Gasteiger partial charge is 0.478 e. The van der Waals surface area contributed by atoms with Gasteiger partial charge in [-0.1, -0.05) is 42.5 Å². The Morgan fingerprint density at radius 3 is 2.68 bits per heavy atom. The molecule has 1 fully saturated rings. The number of aromatic carboxylic acids is 1. The number of carboxylic acid groups (broad SMARTS) is 1. The number of amides is 2. The number of rotatable bonds is 6. The molecule has 4 rings (SSSR count). The highest BCUT2D eigenvalue weighted by atomic mass is 16.4. The van der Waals surface area contributed by atoms with Gasteiger partial charge in [-0.05, 0) is 29.8 Å². The fourth-order valence-corrected chi connectivity index (χ4v) is 3.55. The van der Waals surface area contributed by atoms with Gasteiger partial charge in [0.1, 0.15) is 17.4 Å². The van der Waals surface area contributed by atoms with Crippen LogP contribution in [0.2, 0.25) is 0 Å². The van der Waals surface area contributed by atoms with Crippen LogP contribution < -0.4 is 10.7 Å². The monoisotopic (exact) mass is 417 g/mol. The van der Waals surface area contributed by atoms with E-state index in [4.69, 9.17) is 9.52 Å². The van der Waals surface area contributed by atoms with Crippen molar-refractivity contribution in [1.82, 2.24) is 10.7 Å². The topological polar surface area (TPSA) is 121 Å². The summed E-state index contributed by atoms with van der Waals surface area (Å²) in [5, 5.41) is 15.7. The fraction of sp³-hybridized carbons (Fsp3) is 0.130. The van der Waals surface area contributed by atoms with Crippen molar-refractivity contribution in [2.24, 2.45) is 11.0 Å². The first-order chi connectivity index (χ1) is 15.0.